The van der Waals surface area contributed by atoms with Crippen molar-refractivity contribution in [2.75, 3.05) is 13.2 Å². The van der Waals surface area contributed by atoms with Crippen molar-refractivity contribution in [1.29, 1.82) is 0 Å². The van der Waals surface area contributed by atoms with Crippen LogP contribution in [0.4, 0.5) is 4.79 Å². The number of hydrogen-bond acceptors (Lipinski definition) is 7. The van der Waals surface area contributed by atoms with Crippen LogP contribution in [0.1, 0.15) is 45.9 Å². The number of amides is 1. The second-order valence-corrected chi connectivity index (χ2v) is 15.8. The highest BCUT2D eigenvalue weighted by Crippen LogP contribution is 2.41. The molecule has 0 aromatic carbocycles. The number of aromatic nitrogens is 2. The summed E-state index contributed by atoms with van der Waals surface area (Å²) in [7, 11) is -2.03. The maximum atomic E-state index is 13.0. The Morgan fingerprint density at radius 3 is 2.81 bits per heavy atom. The van der Waals surface area contributed by atoms with Gasteiger partial charge in [-0.1, -0.05) is 33.4 Å². The molecule has 1 amide bonds. The average Bonchev–Trinajstić information content (AvgIpc) is 3.38. The van der Waals surface area contributed by atoms with Gasteiger partial charge in [0.15, 0.2) is 19.5 Å². The number of carbonyl (C=O) groups excluding carboxylic acids is 1. The number of fused-ring (bicyclic) bond motifs is 1. The molecule has 1 fully saturated rings. The Labute approximate surface area is 200 Å². The van der Waals surface area contributed by atoms with Gasteiger partial charge < -0.3 is 13.9 Å². The molecule has 1 aliphatic rings. The maximum absolute atomic E-state index is 13.0. The van der Waals surface area contributed by atoms with E-state index in [0.29, 0.717) is 18.0 Å². The molecule has 3 atom stereocenters. The average molecular weight is 496 g/mol. The number of ether oxygens (including phenoxy) is 2. The van der Waals surface area contributed by atoms with E-state index < -0.39 is 20.5 Å². The lowest BCUT2D eigenvalue weighted by Crippen LogP contribution is -2.45. The third-order valence-corrected chi connectivity index (χ3v) is 11.8. The number of nitrogens with zero attached hydrogens (tertiary/aromatic N) is 3. The predicted molar refractivity (Wildman–Crippen MR) is 134 cm³/mol. The molecule has 0 saturated carbocycles. The largest absolute Gasteiger partial charge is 0.476 e. The highest BCUT2D eigenvalue weighted by atomic mass is 32.1. The van der Waals surface area contributed by atoms with Crippen LogP contribution in [0.5, 0.6) is 0 Å². The number of thiocarbonyl (C=S) groups is 1. The van der Waals surface area contributed by atoms with Crippen LogP contribution in [0.25, 0.3) is 4.83 Å². The molecule has 176 valence electrons. The number of thiazole rings is 1. The van der Waals surface area contributed by atoms with E-state index >= 15 is 0 Å². The molecule has 0 bridgehead atoms. The van der Waals surface area contributed by atoms with Gasteiger partial charge in [0.05, 0.1) is 24.0 Å². The van der Waals surface area contributed by atoms with Gasteiger partial charge >= 0.3 is 6.09 Å². The summed E-state index contributed by atoms with van der Waals surface area (Å²) in [5, 5.41) is 2.52. The molecule has 2 aromatic rings. The predicted octanol–water partition coefficient (Wildman–Crippen LogP) is 5.59. The minimum absolute atomic E-state index is 0.0660. The first-order valence-electron chi connectivity index (χ1n) is 10.7. The van der Waals surface area contributed by atoms with Crippen molar-refractivity contribution < 1.29 is 18.7 Å². The zero-order chi connectivity index (χ0) is 23.7. The molecule has 32 heavy (non-hydrogen) atoms. The lowest BCUT2D eigenvalue weighted by molar-refractivity contribution is 0.0605. The van der Waals surface area contributed by atoms with Crippen LogP contribution in [0, 0.1) is 0 Å². The summed E-state index contributed by atoms with van der Waals surface area (Å²) in [4.78, 5) is 20.0. The van der Waals surface area contributed by atoms with Crippen LogP contribution in [0.2, 0.25) is 18.1 Å². The Hall–Kier alpha value is -1.75. The van der Waals surface area contributed by atoms with Gasteiger partial charge in [0, 0.05) is 18.8 Å². The first kappa shape index (κ1) is 24.9. The lowest BCUT2D eigenvalue weighted by Gasteiger charge is -2.38. The van der Waals surface area contributed by atoms with Gasteiger partial charge in [0.25, 0.3) is 0 Å². The van der Waals surface area contributed by atoms with Gasteiger partial charge in [-0.05, 0) is 36.8 Å². The first-order chi connectivity index (χ1) is 14.9. The second-order valence-electron chi connectivity index (χ2n) is 9.61. The Balaban J connectivity index is 1.95. The number of likely N-dealkylation sites (tertiary alicyclic amines) is 1. The van der Waals surface area contributed by atoms with Gasteiger partial charge in [-0.25, -0.2) is 9.78 Å². The van der Waals surface area contributed by atoms with Crippen molar-refractivity contribution in [3.8, 4) is 0 Å². The normalized spacial score (nSPS) is 20.4. The summed E-state index contributed by atoms with van der Waals surface area (Å²) >= 11 is 6.88. The van der Waals surface area contributed by atoms with Gasteiger partial charge in [-0.3, -0.25) is 9.30 Å². The maximum Gasteiger partial charge on any atom is 0.410 e. The Morgan fingerprint density at radius 2 is 2.19 bits per heavy atom. The zero-order valence-electron chi connectivity index (χ0n) is 19.7. The summed E-state index contributed by atoms with van der Waals surface area (Å²) in [6, 6.07) is -0.291. The number of hydrogen-bond donors (Lipinski definition) is 0. The van der Waals surface area contributed by atoms with Crippen LogP contribution in [0.15, 0.2) is 30.6 Å². The van der Waals surface area contributed by atoms with E-state index in [1.165, 1.54) is 0 Å². The van der Waals surface area contributed by atoms with Crippen molar-refractivity contribution in [2.45, 2.75) is 70.5 Å². The van der Waals surface area contributed by atoms with Gasteiger partial charge in [0.1, 0.15) is 17.8 Å². The van der Waals surface area contributed by atoms with E-state index in [0.717, 1.165) is 10.5 Å². The van der Waals surface area contributed by atoms with E-state index in [-0.39, 0.29) is 23.8 Å². The molecular formula is C22H33N3O4S2Si. The molecule has 10 heteroatoms. The molecule has 0 spiro atoms. The minimum atomic E-state index is -2.03. The van der Waals surface area contributed by atoms with E-state index in [9.17, 15) is 4.79 Å². The van der Waals surface area contributed by atoms with Crippen LogP contribution < -0.4 is 0 Å². The van der Waals surface area contributed by atoms with Crippen molar-refractivity contribution in [1.82, 2.24) is 14.3 Å². The molecule has 0 N–H and O–H groups in total. The van der Waals surface area contributed by atoms with Gasteiger partial charge in [0.2, 0.25) is 0 Å². The minimum Gasteiger partial charge on any atom is -0.476 e. The fourth-order valence-electron chi connectivity index (χ4n) is 3.68. The van der Waals surface area contributed by atoms with E-state index in [1.54, 1.807) is 35.6 Å². The first-order valence-corrected chi connectivity index (χ1v) is 14.9. The lowest BCUT2D eigenvalue weighted by atomic mass is 10.1. The molecule has 0 radical (unpaired) electrons. The monoisotopic (exact) mass is 495 g/mol. The van der Waals surface area contributed by atoms with Gasteiger partial charge in [-0.15, -0.1) is 11.3 Å². The second kappa shape index (κ2) is 9.62. The quantitative estimate of drug-likeness (QED) is 0.283. The van der Waals surface area contributed by atoms with Gasteiger partial charge in [-0.2, -0.15) is 0 Å². The van der Waals surface area contributed by atoms with Crippen molar-refractivity contribution in [3.63, 3.8) is 0 Å². The summed E-state index contributed by atoms with van der Waals surface area (Å²) in [5.41, 5.74) is 0.909. The zero-order valence-corrected chi connectivity index (χ0v) is 22.3. The smallest absolute Gasteiger partial charge is 0.410 e. The van der Waals surface area contributed by atoms with Crippen LogP contribution in [-0.2, 0) is 13.9 Å². The summed E-state index contributed by atoms with van der Waals surface area (Å²) in [6.07, 6.45) is 4.80. The SMILES string of the molecule is C=CCOC(=O)N1C[C@H](O[Si](C)(C)C(C)(C)C)C[C@H]1C(OC(C)=S)c1csc2cncn12. The van der Waals surface area contributed by atoms with E-state index in [1.807, 2.05) is 16.0 Å². The molecule has 7 nitrogen and oxygen atoms in total. The standard InChI is InChI=1S/C22H33N3O4S2Si/c1-8-9-27-21(26)24-12-16(29-32(6,7)22(3,4)5)10-17(24)20(28-15(2)30)18-13-31-19-11-23-14-25(18)19/h8,11,13-14,16-17,20H,1,9-10,12H2,2-7H3/t16-,17+,20?/m1/s1. The highest BCUT2D eigenvalue weighted by molar-refractivity contribution is 7.80. The summed E-state index contributed by atoms with van der Waals surface area (Å²) in [5.74, 6) is 0. The third kappa shape index (κ3) is 5.24. The molecule has 3 rings (SSSR count). The fraction of sp³-hybridized carbons (Fsp3) is 0.591. The summed E-state index contributed by atoms with van der Waals surface area (Å²) in [6.45, 7) is 17.1. The molecule has 2 aromatic heterocycles. The van der Waals surface area contributed by atoms with Crippen molar-refractivity contribution in [3.05, 3.63) is 36.3 Å². The number of imidazole rings is 1. The molecule has 0 aliphatic carbocycles. The Bertz CT molecular complexity index is 981. The Morgan fingerprint density at radius 1 is 1.47 bits per heavy atom. The van der Waals surface area contributed by atoms with Crippen LogP contribution in [0.3, 0.4) is 0 Å². The molecule has 1 saturated heterocycles. The van der Waals surface area contributed by atoms with E-state index in [4.69, 9.17) is 26.1 Å². The van der Waals surface area contributed by atoms with Crippen LogP contribution >= 0.6 is 23.6 Å². The topological polar surface area (TPSA) is 65.3 Å². The van der Waals surface area contributed by atoms with Crippen LogP contribution in [-0.4, -0.2) is 59.0 Å². The highest BCUT2D eigenvalue weighted by Gasteiger charge is 2.47. The van der Waals surface area contributed by atoms with E-state index in [2.05, 4.69) is 45.4 Å². The van der Waals surface area contributed by atoms with Crippen molar-refractivity contribution >= 4 is 47.8 Å². The fourth-order valence-corrected chi connectivity index (χ4v) is 6.01. The Kier molecular flexibility index (Phi) is 7.48. The number of carbonyl (C=O) groups is 1. The molecule has 1 aliphatic heterocycles. The summed E-state index contributed by atoms with van der Waals surface area (Å²) < 4.78 is 20.3. The number of rotatable bonds is 7. The molecular weight excluding hydrogens is 462 g/mol. The third-order valence-electron chi connectivity index (χ3n) is 6.25. The molecule has 3 heterocycles. The van der Waals surface area contributed by atoms with Crippen molar-refractivity contribution in [2.24, 2.45) is 0 Å². The molecule has 1 unspecified atom stereocenters.